The Balaban J connectivity index is 1.44. The summed E-state index contributed by atoms with van der Waals surface area (Å²) in [5, 5.41) is 15.9. The molecule has 0 atom stereocenters. The van der Waals surface area contributed by atoms with Crippen LogP contribution in [0.4, 0.5) is 0 Å². The second-order valence-electron chi connectivity index (χ2n) is 17.5. The van der Waals surface area contributed by atoms with Crippen molar-refractivity contribution in [2.75, 3.05) is 0 Å². The maximum Gasteiger partial charge on any atom is 0.0553 e. The molecule has 0 spiro atoms. The molecule has 1 nitrogen and oxygen atoms in total. The van der Waals surface area contributed by atoms with Gasteiger partial charge in [-0.1, -0.05) is 118 Å². The number of hydrogen-bond donors (Lipinski definition) is 0. The Morgan fingerprint density at radius 3 is 1.46 bits per heavy atom. The third-order valence-corrected chi connectivity index (χ3v) is 12.9. The van der Waals surface area contributed by atoms with Gasteiger partial charge in [0.1, 0.15) is 0 Å². The molecule has 0 fully saturated rings. The van der Waals surface area contributed by atoms with Gasteiger partial charge in [0.25, 0.3) is 0 Å². The average molecular weight is 732 g/mol. The van der Waals surface area contributed by atoms with E-state index in [1.165, 1.54) is 131 Å². The molecule has 0 aliphatic rings. The molecule has 57 heavy (non-hydrogen) atoms. The highest BCUT2D eigenvalue weighted by molar-refractivity contribution is 6.45. The van der Waals surface area contributed by atoms with Gasteiger partial charge in [-0.15, -0.1) is 0 Å². The molecule has 10 aromatic carbocycles. The molecule has 0 aliphatic heterocycles. The second kappa shape index (κ2) is 12.0. The van der Waals surface area contributed by atoms with Gasteiger partial charge in [-0.2, -0.15) is 0 Å². The molecule has 11 aromatic rings. The van der Waals surface area contributed by atoms with Crippen molar-refractivity contribution in [3.05, 3.63) is 173 Å². The lowest BCUT2D eigenvalue weighted by atomic mass is 9.79. The molecule has 0 saturated heterocycles. The number of fused-ring (bicyclic) bond motifs is 10. The molecule has 1 heteroatoms. The first-order chi connectivity index (χ1) is 27.6. The van der Waals surface area contributed by atoms with E-state index in [4.69, 9.17) is 0 Å². The maximum absolute atomic E-state index is 2.52. The van der Waals surface area contributed by atoms with Gasteiger partial charge in [0.2, 0.25) is 0 Å². The Kier molecular flexibility index (Phi) is 7.15. The van der Waals surface area contributed by atoms with Gasteiger partial charge in [-0.25, -0.2) is 0 Å². The highest BCUT2D eigenvalue weighted by Crippen LogP contribution is 2.52. The van der Waals surface area contributed by atoms with E-state index < -0.39 is 0 Å². The zero-order valence-electron chi connectivity index (χ0n) is 33.8. The number of benzene rings is 10. The van der Waals surface area contributed by atoms with Crippen LogP contribution in [0.3, 0.4) is 0 Å². The maximum atomic E-state index is 2.52. The lowest BCUT2D eigenvalue weighted by molar-refractivity contribution is 0.592. The largest absolute Gasteiger partial charge is 0.309 e. The Morgan fingerprint density at radius 2 is 0.860 bits per heavy atom. The summed E-state index contributed by atoms with van der Waals surface area (Å²) in [5.74, 6) is 0. The van der Waals surface area contributed by atoms with Gasteiger partial charge in [-0.3, -0.25) is 0 Å². The van der Waals surface area contributed by atoms with Crippen molar-refractivity contribution in [1.82, 2.24) is 4.57 Å². The summed E-state index contributed by atoms with van der Waals surface area (Å²) in [7, 11) is 0. The van der Waals surface area contributed by atoms with Gasteiger partial charge in [0.05, 0.1) is 11.0 Å². The molecule has 0 amide bonds. The van der Waals surface area contributed by atoms with Crippen molar-refractivity contribution in [2.45, 2.75) is 53.9 Å². The van der Waals surface area contributed by atoms with Crippen LogP contribution < -0.4 is 0 Å². The molecule has 0 bridgehead atoms. The van der Waals surface area contributed by atoms with E-state index >= 15 is 0 Å². The van der Waals surface area contributed by atoms with Crippen LogP contribution in [-0.2, 0) is 5.41 Å². The number of nitrogens with zero attached hydrogens (tertiary/aromatic N) is 1. The van der Waals surface area contributed by atoms with Crippen molar-refractivity contribution in [3.63, 3.8) is 0 Å². The zero-order valence-corrected chi connectivity index (χ0v) is 33.8. The molecule has 0 N–H and O–H groups in total. The first-order valence-corrected chi connectivity index (χ1v) is 20.4. The molecular formula is C56H45N. The van der Waals surface area contributed by atoms with Gasteiger partial charge in [-0.05, 0) is 180 Å². The molecule has 1 heterocycles. The molecule has 11 rings (SSSR count). The summed E-state index contributed by atoms with van der Waals surface area (Å²) in [6.07, 6.45) is 0. The molecule has 0 aliphatic carbocycles. The number of rotatable bonds is 3. The monoisotopic (exact) mass is 731 g/mol. The van der Waals surface area contributed by atoms with Gasteiger partial charge >= 0.3 is 0 Å². The lowest BCUT2D eigenvalue weighted by Crippen LogP contribution is -2.11. The fourth-order valence-electron chi connectivity index (χ4n) is 10.3. The average Bonchev–Trinajstić information content (AvgIpc) is 3.54. The predicted octanol–water partition coefficient (Wildman–Crippen LogP) is 15.9. The molecule has 0 radical (unpaired) electrons. The van der Waals surface area contributed by atoms with Crippen molar-refractivity contribution >= 4 is 75.7 Å². The topological polar surface area (TPSA) is 4.93 Å². The molecule has 0 unspecified atom stereocenters. The van der Waals surface area contributed by atoms with Crippen molar-refractivity contribution < 1.29 is 0 Å². The van der Waals surface area contributed by atoms with Crippen LogP contribution in [0.2, 0.25) is 0 Å². The van der Waals surface area contributed by atoms with Crippen LogP contribution >= 0.6 is 0 Å². The minimum Gasteiger partial charge on any atom is -0.309 e. The Morgan fingerprint density at radius 1 is 0.351 bits per heavy atom. The fourth-order valence-corrected chi connectivity index (χ4v) is 10.3. The van der Waals surface area contributed by atoms with Crippen LogP contribution in [0.25, 0.3) is 104 Å². The summed E-state index contributed by atoms with van der Waals surface area (Å²) in [6, 6.07) is 55.4. The standard InChI is InChI=1S/C56H45N/c1-32-15-13-16-33(2)50(32)36-23-25-40-43(27-36)45-29-38(56(5,6)7)30-46-44-28-37(51-34(3)17-14-18-35(51)4)24-26-41(44)54-53-42-21-11-12-22-48(42)57(39-19-9-8-10-20-39)49(53)31-47(40)55(54)52(45)46/h8-31H,1-7H3. The SMILES string of the molecule is Cc1cccc(C)c1-c1ccc2c(c1)c1cc(C(C)(C)C)cc3c4cc(-c5c(C)cccc5C)ccc4c4c(c2cc2c4c4ccccc4n2-c2ccccc2)c13. The van der Waals surface area contributed by atoms with Gasteiger partial charge in [0, 0.05) is 21.8 Å². The summed E-state index contributed by atoms with van der Waals surface area (Å²) >= 11 is 0. The van der Waals surface area contributed by atoms with Crippen LogP contribution in [0.5, 0.6) is 0 Å². The van der Waals surface area contributed by atoms with E-state index in [0.29, 0.717) is 0 Å². The highest BCUT2D eigenvalue weighted by atomic mass is 15.0. The summed E-state index contributed by atoms with van der Waals surface area (Å²) in [5.41, 5.74) is 15.4. The molecule has 274 valence electrons. The number of para-hydroxylation sites is 2. The third kappa shape index (κ3) is 4.82. The Bertz CT molecular complexity index is 3400. The molecule has 1 aromatic heterocycles. The molecule has 0 saturated carbocycles. The van der Waals surface area contributed by atoms with Gasteiger partial charge < -0.3 is 4.57 Å². The summed E-state index contributed by atoms with van der Waals surface area (Å²) in [4.78, 5) is 0. The second-order valence-corrected chi connectivity index (χ2v) is 17.5. The smallest absolute Gasteiger partial charge is 0.0553 e. The van der Waals surface area contributed by atoms with E-state index in [0.717, 1.165) is 0 Å². The third-order valence-electron chi connectivity index (χ3n) is 12.9. The first kappa shape index (κ1) is 33.9. The zero-order chi connectivity index (χ0) is 38.9. The summed E-state index contributed by atoms with van der Waals surface area (Å²) < 4.78 is 2.49. The van der Waals surface area contributed by atoms with Gasteiger partial charge in [0.15, 0.2) is 0 Å². The van der Waals surface area contributed by atoms with E-state index in [9.17, 15) is 0 Å². The first-order valence-electron chi connectivity index (χ1n) is 20.4. The normalized spacial score (nSPS) is 12.5. The lowest BCUT2D eigenvalue weighted by Gasteiger charge is -2.25. The quantitative estimate of drug-likeness (QED) is 0.126. The highest BCUT2D eigenvalue weighted by Gasteiger charge is 2.26. The van der Waals surface area contributed by atoms with Crippen molar-refractivity contribution in [2.24, 2.45) is 0 Å². The van der Waals surface area contributed by atoms with Crippen molar-refractivity contribution in [3.8, 4) is 27.9 Å². The van der Waals surface area contributed by atoms with E-state index in [-0.39, 0.29) is 5.41 Å². The van der Waals surface area contributed by atoms with Crippen LogP contribution in [0.15, 0.2) is 146 Å². The minimum atomic E-state index is -0.0477. The fraction of sp³-hybridized carbons (Fsp3) is 0.143. The van der Waals surface area contributed by atoms with Crippen LogP contribution in [0, 0.1) is 27.7 Å². The van der Waals surface area contributed by atoms with E-state index in [2.05, 4.69) is 199 Å². The Labute approximate surface area is 334 Å². The number of aromatic nitrogens is 1. The summed E-state index contributed by atoms with van der Waals surface area (Å²) in [6.45, 7) is 16.1. The van der Waals surface area contributed by atoms with Crippen molar-refractivity contribution in [1.29, 1.82) is 0 Å². The minimum absolute atomic E-state index is 0.0477. The number of hydrogen-bond acceptors (Lipinski definition) is 0. The number of aryl methyl sites for hydroxylation is 4. The Hall–Kier alpha value is -6.44. The predicted molar refractivity (Wildman–Crippen MR) is 248 cm³/mol. The van der Waals surface area contributed by atoms with E-state index in [1.54, 1.807) is 0 Å². The molecular weight excluding hydrogens is 687 g/mol. The van der Waals surface area contributed by atoms with Crippen LogP contribution in [0.1, 0.15) is 48.6 Å². The van der Waals surface area contributed by atoms with Crippen LogP contribution in [-0.4, -0.2) is 4.57 Å². The van der Waals surface area contributed by atoms with E-state index in [1.807, 2.05) is 0 Å².